The summed E-state index contributed by atoms with van der Waals surface area (Å²) in [5.74, 6) is -0.539. The summed E-state index contributed by atoms with van der Waals surface area (Å²) in [4.78, 5) is 27.3. The maximum atomic E-state index is 13.7. The van der Waals surface area contributed by atoms with Crippen molar-refractivity contribution in [3.8, 4) is 0 Å². The average Bonchev–Trinajstić information content (AvgIpc) is 3.14. The molecule has 138 valence electrons. The van der Waals surface area contributed by atoms with Gasteiger partial charge < -0.3 is 9.47 Å². The van der Waals surface area contributed by atoms with Crippen LogP contribution >= 0.6 is 15.9 Å². The monoisotopic (exact) mass is 419 g/mol. The molecule has 1 aromatic carbocycles. The Morgan fingerprint density at radius 1 is 1.46 bits per heavy atom. The van der Waals surface area contributed by atoms with Crippen molar-refractivity contribution in [2.45, 2.75) is 44.8 Å². The van der Waals surface area contributed by atoms with Gasteiger partial charge in [0.25, 0.3) is 5.91 Å². The summed E-state index contributed by atoms with van der Waals surface area (Å²) < 4.78 is 12.4. The Morgan fingerprint density at radius 2 is 2.27 bits per heavy atom. The summed E-state index contributed by atoms with van der Waals surface area (Å²) in [6.07, 6.45) is 4.91. The van der Waals surface area contributed by atoms with Crippen molar-refractivity contribution in [1.29, 1.82) is 0 Å². The fourth-order valence-electron chi connectivity index (χ4n) is 4.67. The van der Waals surface area contributed by atoms with Gasteiger partial charge in [-0.3, -0.25) is 14.5 Å². The van der Waals surface area contributed by atoms with Gasteiger partial charge in [0.05, 0.1) is 18.4 Å². The van der Waals surface area contributed by atoms with Crippen LogP contribution in [0.25, 0.3) is 0 Å². The van der Waals surface area contributed by atoms with Gasteiger partial charge in [0.2, 0.25) is 0 Å². The molecule has 26 heavy (non-hydrogen) atoms. The molecule has 1 fully saturated rings. The molecule has 0 aromatic heterocycles. The zero-order valence-electron chi connectivity index (χ0n) is 15.0. The highest BCUT2D eigenvalue weighted by atomic mass is 79.9. The van der Waals surface area contributed by atoms with Gasteiger partial charge in [0.1, 0.15) is 6.54 Å². The van der Waals surface area contributed by atoms with Gasteiger partial charge in [-0.15, -0.1) is 0 Å². The minimum Gasteiger partial charge on any atom is -0.465 e. The Morgan fingerprint density at radius 3 is 3.04 bits per heavy atom. The maximum Gasteiger partial charge on any atom is 0.326 e. The number of allylic oxidation sites excluding steroid dienone is 1. The SMILES string of the molecule is CCOC(=O)CN1C(=O)[C@]2(O[C@H](C)CC3=CCCC32)c2c(Br)cccc21. The Hall–Kier alpha value is -1.66. The molecule has 1 aromatic rings. The Labute approximate surface area is 161 Å². The van der Waals surface area contributed by atoms with Gasteiger partial charge in [-0.2, -0.15) is 0 Å². The molecule has 4 rings (SSSR count). The lowest BCUT2D eigenvalue weighted by Crippen LogP contribution is -2.52. The van der Waals surface area contributed by atoms with E-state index in [1.54, 1.807) is 6.92 Å². The van der Waals surface area contributed by atoms with E-state index in [0.29, 0.717) is 6.61 Å². The Bertz CT molecular complexity index is 805. The summed E-state index contributed by atoms with van der Waals surface area (Å²) in [6.45, 7) is 3.97. The van der Waals surface area contributed by atoms with E-state index in [9.17, 15) is 9.59 Å². The van der Waals surface area contributed by atoms with Crippen molar-refractivity contribution >= 4 is 33.5 Å². The summed E-state index contributed by atoms with van der Waals surface area (Å²) >= 11 is 3.63. The molecule has 1 aliphatic carbocycles. The third-order valence-electron chi connectivity index (χ3n) is 5.52. The van der Waals surface area contributed by atoms with Crippen LogP contribution in [0.1, 0.15) is 38.7 Å². The number of esters is 1. The number of rotatable bonds is 3. The van der Waals surface area contributed by atoms with Crippen LogP contribution in [-0.2, 0) is 24.7 Å². The first kappa shape index (κ1) is 17.7. The zero-order chi connectivity index (χ0) is 18.5. The molecule has 2 aliphatic heterocycles. The molecule has 0 N–H and O–H groups in total. The van der Waals surface area contributed by atoms with Crippen molar-refractivity contribution in [1.82, 2.24) is 0 Å². The van der Waals surface area contributed by atoms with Gasteiger partial charge in [-0.05, 0) is 45.2 Å². The van der Waals surface area contributed by atoms with Crippen LogP contribution in [0.4, 0.5) is 5.69 Å². The lowest BCUT2D eigenvalue weighted by atomic mass is 9.74. The lowest BCUT2D eigenvalue weighted by Gasteiger charge is -2.43. The topological polar surface area (TPSA) is 55.8 Å². The molecule has 1 saturated heterocycles. The molecule has 0 radical (unpaired) electrons. The maximum absolute atomic E-state index is 13.7. The standard InChI is InChI=1S/C20H22BrNO4/c1-3-25-17(23)11-22-16-9-5-8-15(21)18(16)20(19(22)24)14-7-4-6-13(14)10-12(2)26-20/h5-6,8-9,12,14H,3-4,7,10-11H2,1-2H3/t12-,14?,20-/m1/s1. The van der Waals surface area contributed by atoms with Crippen LogP contribution < -0.4 is 4.90 Å². The van der Waals surface area contributed by atoms with Crippen molar-refractivity contribution in [2.24, 2.45) is 5.92 Å². The van der Waals surface area contributed by atoms with E-state index in [1.807, 2.05) is 25.1 Å². The van der Waals surface area contributed by atoms with Crippen LogP contribution in [0.15, 0.2) is 34.3 Å². The van der Waals surface area contributed by atoms with E-state index in [4.69, 9.17) is 9.47 Å². The molecule has 1 amide bonds. The fourth-order valence-corrected chi connectivity index (χ4v) is 5.32. The molecule has 2 heterocycles. The van der Waals surface area contributed by atoms with Crippen molar-refractivity contribution in [2.75, 3.05) is 18.1 Å². The van der Waals surface area contributed by atoms with Gasteiger partial charge in [0.15, 0.2) is 5.60 Å². The van der Waals surface area contributed by atoms with E-state index in [2.05, 4.69) is 22.0 Å². The Kier molecular flexibility index (Phi) is 4.43. The van der Waals surface area contributed by atoms with Crippen LogP contribution in [0.5, 0.6) is 0 Å². The molecule has 3 aliphatic rings. The minimum atomic E-state index is -1.05. The third kappa shape index (κ3) is 2.46. The number of carbonyl (C=O) groups excluding carboxylic acids is 2. The highest BCUT2D eigenvalue weighted by Gasteiger charge is 2.61. The predicted molar refractivity (Wildman–Crippen MR) is 101 cm³/mol. The summed E-state index contributed by atoms with van der Waals surface area (Å²) in [7, 11) is 0. The number of hydrogen-bond acceptors (Lipinski definition) is 4. The number of hydrogen-bond donors (Lipinski definition) is 0. The van der Waals surface area contributed by atoms with E-state index >= 15 is 0 Å². The van der Waals surface area contributed by atoms with Gasteiger partial charge >= 0.3 is 5.97 Å². The second-order valence-electron chi connectivity index (χ2n) is 7.11. The van der Waals surface area contributed by atoms with E-state index < -0.39 is 11.6 Å². The summed E-state index contributed by atoms with van der Waals surface area (Å²) in [6, 6.07) is 5.70. The third-order valence-corrected chi connectivity index (χ3v) is 6.18. The van der Waals surface area contributed by atoms with Crippen LogP contribution in [0, 0.1) is 5.92 Å². The van der Waals surface area contributed by atoms with E-state index in [0.717, 1.165) is 35.0 Å². The van der Waals surface area contributed by atoms with Crippen LogP contribution in [0.3, 0.4) is 0 Å². The van der Waals surface area contributed by atoms with Crippen molar-refractivity contribution < 1.29 is 19.1 Å². The number of anilines is 1. The second-order valence-corrected chi connectivity index (χ2v) is 7.96. The largest absolute Gasteiger partial charge is 0.465 e. The quantitative estimate of drug-likeness (QED) is 0.553. The van der Waals surface area contributed by atoms with E-state index in [1.165, 1.54) is 10.5 Å². The first-order chi connectivity index (χ1) is 12.5. The lowest BCUT2D eigenvalue weighted by molar-refractivity contribution is -0.168. The number of nitrogens with zero attached hydrogens (tertiary/aromatic N) is 1. The second kappa shape index (κ2) is 6.50. The molecule has 6 heteroatoms. The van der Waals surface area contributed by atoms with E-state index in [-0.39, 0.29) is 24.5 Å². The smallest absolute Gasteiger partial charge is 0.326 e. The predicted octanol–water partition coefficient (Wildman–Crippen LogP) is 3.70. The zero-order valence-corrected chi connectivity index (χ0v) is 16.5. The highest BCUT2D eigenvalue weighted by molar-refractivity contribution is 9.10. The fraction of sp³-hybridized carbons (Fsp3) is 0.500. The average molecular weight is 420 g/mol. The number of carbonyl (C=O) groups is 2. The minimum absolute atomic E-state index is 0.0239. The Balaban J connectivity index is 1.85. The van der Waals surface area contributed by atoms with Gasteiger partial charge in [-0.25, -0.2) is 0 Å². The molecule has 1 spiro atoms. The highest BCUT2D eigenvalue weighted by Crippen LogP contribution is 2.57. The first-order valence-corrected chi connectivity index (χ1v) is 9.91. The van der Waals surface area contributed by atoms with Crippen molar-refractivity contribution in [3.63, 3.8) is 0 Å². The van der Waals surface area contributed by atoms with Crippen LogP contribution in [-0.4, -0.2) is 31.1 Å². The molecule has 3 atom stereocenters. The number of ether oxygens (including phenoxy) is 2. The van der Waals surface area contributed by atoms with Gasteiger partial charge in [-0.1, -0.05) is 33.6 Å². The number of benzene rings is 1. The number of halogens is 1. The van der Waals surface area contributed by atoms with Gasteiger partial charge in [0, 0.05) is 16.0 Å². The summed E-state index contributed by atoms with van der Waals surface area (Å²) in [5.41, 5.74) is 1.83. The molecular weight excluding hydrogens is 398 g/mol. The number of fused-ring (bicyclic) bond motifs is 4. The molecule has 0 bridgehead atoms. The summed E-state index contributed by atoms with van der Waals surface area (Å²) in [5, 5.41) is 0. The van der Waals surface area contributed by atoms with Crippen molar-refractivity contribution in [3.05, 3.63) is 39.9 Å². The normalized spacial score (nSPS) is 29.6. The van der Waals surface area contributed by atoms with Crippen LogP contribution in [0.2, 0.25) is 0 Å². The molecule has 0 saturated carbocycles. The molecule has 5 nitrogen and oxygen atoms in total. The molecule has 1 unspecified atom stereocenters. The first-order valence-electron chi connectivity index (χ1n) is 9.12. The molecular formula is C20H22BrNO4. The number of amides is 1.